The van der Waals surface area contributed by atoms with Gasteiger partial charge < -0.3 is 40.3 Å². The molecule has 5 aliphatic rings. The fourth-order valence-electron chi connectivity index (χ4n) is 12.3. The molecule has 10 rings (SSSR count). The smallest absolute Gasteiger partial charge is 0.321 e. The predicted octanol–water partition coefficient (Wildman–Crippen LogP) is 6.98. The largest absolute Gasteiger partial charge is 0.508 e. The molecule has 4 saturated heterocycles. The zero-order valence-electron chi connectivity index (χ0n) is 42.2. The van der Waals surface area contributed by atoms with E-state index in [1.807, 2.05) is 4.90 Å². The predicted molar refractivity (Wildman–Crippen MR) is 275 cm³/mol. The number of Topliss-reactive ketones (excluding diaryl/α,β-unsaturated/α-hetero) is 1. The third-order valence-corrected chi connectivity index (χ3v) is 16.3. The number of nitrogens with zero attached hydrogens (tertiary/aromatic N) is 6. The Bertz CT molecular complexity index is 3050. The number of halogens is 3. The number of aromatic nitrogens is 3. The molecule has 5 fully saturated rings. The molecule has 3 aromatic carbocycles. The van der Waals surface area contributed by atoms with Crippen LogP contribution in [0.15, 0.2) is 42.6 Å². The van der Waals surface area contributed by atoms with E-state index in [1.165, 1.54) is 42.6 Å². The molecular formula is C56H64F3N9O6. The van der Waals surface area contributed by atoms with Crippen LogP contribution in [0, 0.1) is 54.5 Å². The SMILES string of the molecule is C#Cc1c(F)ccc2cc(O)cc(-c3ncc4c(N5CCC[C@@](C)(O)C5)nc(OC[C@H](C)CN5CCN(CC6CCC7(CC6)CCC(C(=O)c6c(F)ccc(C8CNC(=O)NC8=O)c6C)CN7)CC5)nc4c3F)c12. The highest BCUT2D eigenvalue weighted by Gasteiger charge is 2.42. The van der Waals surface area contributed by atoms with E-state index in [2.05, 4.69) is 48.6 Å². The van der Waals surface area contributed by atoms with Crippen molar-refractivity contribution < 1.29 is 42.5 Å². The van der Waals surface area contributed by atoms with Gasteiger partial charge in [0.15, 0.2) is 11.6 Å². The van der Waals surface area contributed by atoms with Crippen molar-refractivity contribution in [2.45, 2.75) is 89.2 Å². The monoisotopic (exact) mass is 1020 g/mol. The number of piperidine rings is 2. The van der Waals surface area contributed by atoms with Gasteiger partial charge in [0.2, 0.25) is 5.91 Å². The number of hydrogen-bond donors (Lipinski definition) is 5. The number of carbonyl (C=O) groups is 3. The molecule has 390 valence electrons. The minimum Gasteiger partial charge on any atom is -0.508 e. The van der Waals surface area contributed by atoms with E-state index >= 15 is 13.2 Å². The third kappa shape index (κ3) is 10.4. The number of fused-ring (bicyclic) bond motifs is 2. The van der Waals surface area contributed by atoms with Crippen LogP contribution in [0.5, 0.6) is 11.8 Å². The molecule has 2 unspecified atom stereocenters. The summed E-state index contributed by atoms with van der Waals surface area (Å²) in [7, 11) is 0. The molecular weight excluding hydrogens is 952 g/mol. The molecule has 1 saturated carbocycles. The zero-order valence-corrected chi connectivity index (χ0v) is 42.2. The van der Waals surface area contributed by atoms with Crippen molar-refractivity contribution >= 4 is 45.2 Å². The highest BCUT2D eigenvalue weighted by Crippen LogP contribution is 2.42. The topological polar surface area (TPSA) is 185 Å². The van der Waals surface area contributed by atoms with Crippen molar-refractivity contribution in [3.8, 4) is 35.4 Å². The van der Waals surface area contributed by atoms with Gasteiger partial charge >= 0.3 is 12.0 Å². The summed E-state index contributed by atoms with van der Waals surface area (Å²) in [5.74, 6) is -0.612. The molecule has 15 nitrogen and oxygen atoms in total. The highest BCUT2D eigenvalue weighted by atomic mass is 19.1. The van der Waals surface area contributed by atoms with Gasteiger partial charge in [-0.05, 0) is 112 Å². The van der Waals surface area contributed by atoms with E-state index in [0.717, 1.165) is 71.4 Å². The van der Waals surface area contributed by atoms with Crippen LogP contribution in [0.3, 0.4) is 0 Å². The van der Waals surface area contributed by atoms with Crippen LogP contribution in [0.4, 0.5) is 23.8 Å². The van der Waals surface area contributed by atoms with E-state index in [-0.39, 0.29) is 87.9 Å². The number of ketones is 1. The summed E-state index contributed by atoms with van der Waals surface area (Å²) in [6, 6.07) is 7.62. The maximum Gasteiger partial charge on any atom is 0.321 e. The molecule has 5 N–H and O–H groups in total. The number of urea groups is 1. The number of carbonyl (C=O) groups excluding carboxylic acids is 3. The number of phenolic OH excluding ortho intramolecular Hbond substituents is 1. The fraction of sp³-hybridized carbons (Fsp3) is 0.500. The second kappa shape index (κ2) is 20.7. The number of rotatable bonds is 12. The number of β-amino-alcohol motifs (C(OH)–C–C–N with tert-alkyl or cyclic N) is 1. The molecule has 4 atom stereocenters. The summed E-state index contributed by atoms with van der Waals surface area (Å²) < 4.78 is 53.6. The van der Waals surface area contributed by atoms with Gasteiger partial charge in [0.1, 0.15) is 34.4 Å². The molecule has 74 heavy (non-hydrogen) atoms. The molecule has 6 heterocycles. The number of phenols is 1. The van der Waals surface area contributed by atoms with Crippen LogP contribution in [-0.4, -0.2) is 136 Å². The maximum atomic E-state index is 17.0. The Morgan fingerprint density at radius 3 is 2.43 bits per heavy atom. The van der Waals surface area contributed by atoms with Gasteiger partial charge in [-0.1, -0.05) is 25.0 Å². The van der Waals surface area contributed by atoms with Crippen molar-refractivity contribution in [1.29, 1.82) is 0 Å². The van der Waals surface area contributed by atoms with Gasteiger partial charge in [0.05, 0.1) is 34.6 Å². The first-order valence-corrected chi connectivity index (χ1v) is 26.0. The van der Waals surface area contributed by atoms with E-state index in [4.69, 9.17) is 16.1 Å². The van der Waals surface area contributed by atoms with Crippen molar-refractivity contribution in [1.82, 2.24) is 40.7 Å². The van der Waals surface area contributed by atoms with Gasteiger partial charge in [0, 0.05) is 100.0 Å². The Labute approximate surface area is 428 Å². The van der Waals surface area contributed by atoms with Gasteiger partial charge in [-0.25, -0.2) is 18.0 Å². The number of benzene rings is 3. The molecule has 1 spiro atoms. The summed E-state index contributed by atoms with van der Waals surface area (Å²) in [5.41, 5.74) is -0.214. The number of nitrogens with one attached hydrogen (secondary N) is 3. The van der Waals surface area contributed by atoms with Crippen LogP contribution in [0.1, 0.15) is 98.2 Å². The number of imide groups is 1. The maximum absolute atomic E-state index is 17.0. The number of aromatic hydroxyl groups is 1. The normalized spacial score (nSPS) is 25.4. The zero-order chi connectivity index (χ0) is 52.1. The Morgan fingerprint density at radius 1 is 0.973 bits per heavy atom. The lowest BCUT2D eigenvalue weighted by molar-refractivity contribution is -0.122. The first-order valence-electron chi connectivity index (χ1n) is 26.0. The first kappa shape index (κ1) is 51.1. The number of anilines is 1. The Balaban J connectivity index is 0.732. The van der Waals surface area contributed by atoms with Gasteiger partial charge in [0.25, 0.3) is 0 Å². The van der Waals surface area contributed by atoms with Gasteiger partial charge in [-0.3, -0.25) is 19.9 Å². The van der Waals surface area contributed by atoms with Crippen molar-refractivity contribution in [2.75, 3.05) is 77.0 Å². The minimum absolute atomic E-state index is 0.0227. The molecule has 5 aromatic rings. The number of ether oxygens (including phenoxy) is 1. The minimum atomic E-state index is -0.999. The lowest BCUT2D eigenvalue weighted by Gasteiger charge is -2.46. The average Bonchev–Trinajstić information content (AvgIpc) is 3.37. The van der Waals surface area contributed by atoms with Crippen LogP contribution < -0.4 is 25.6 Å². The molecule has 4 aliphatic heterocycles. The lowest BCUT2D eigenvalue weighted by Crippen LogP contribution is -2.55. The summed E-state index contributed by atoms with van der Waals surface area (Å²) >= 11 is 0. The Morgan fingerprint density at radius 2 is 1.72 bits per heavy atom. The third-order valence-electron chi connectivity index (χ3n) is 16.3. The fourth-order valence-corrected chi connectivity index (χ4v) is 12.3. The van der Waals surface area contributed by atoms with Crippen molar-refractivity contribution in [3.05, 3.63) is 82.3 Å². The van der Waals surface area contributed by atoms with Gasteiger partial charge in [-0.2, -0.15) is 9.97 Å². The number of terminal acetylenes is 1. The number of aliphatic hydroxyl groups is 1. The van der Waals surface area contributed by atoms with Gasteiger partial charge in [-0.15, -0.1) is 6.42 Å². The van der Waals surface area contributed by atoms with E-state index in [0.29, 0.717) is 66.0 Å². The highest BCUT2D eigenvalue weighted by molar-refractivity contribution is 6.04. The second-order valence-corrected chi connectivity index (χ2v) is 21.8. The molecule has 18 heteroatoms. The molecule has 0 bridgehead atoms. The van der Waals surface area contributed by atoms with Crippen LogP contribution >= 0.6 is 0 Å². The lowest BCUT2D eigenvalue weighted by atomic mass is 9.70. The van der Waals surface area contributed by atoms with Crippen molar-refractivity contribution in [3.63, 3.8) is 0 Å². The summed E-state index contributed by atoms with van der Waals surface area (Å²) in [6.45, 7) is 12.7. The summed E-state index contributed by atoms with van der Waals surface area (Å²) in [6.07, 6.45) is 14.2. The quantitative estimate of drug-likeness (QED) is 0.0638. The van der Waals surface area contributed by atoms with E-state index in [9.17, 15) is 24.6 Å². The molecule has 3 amide bonds. The summed E-state index contributed by atoms with van der Waals surface area (Å²) in [5, 5.41) is 31.3. The average molecular weight is 1020 g/mol. The van der Waals surface area contributed by atoms with Crippen LogP contribution in [0.2, 0.25) is 0 Å². The second-order valence-electron chi connectivity index (χ2n) is 21.8. The number of amides is 3. The standard InChI is InChI=1S/C56H64F3N9O6/c1-5-38-43(57)9-7-35-23-37(69)24-40(46(35)38)48-47(59)49-42(27-60-48)51(68-18-6-14-55(4,73)31-68)64-54(63-49)74-30-32(2)28-66-19-21-67(22-20-66)29-34-11-15-56(16-12-34)17-13-36(25-62-56)50(70)45-33(3)39(8-10-44(45)58)41-26-61-53(72)65-52(41)71/h1,7-10,23-24,27,32,34,36,41,62,69,73H,6,11-22,25-26,28-31H2,2-4H3,(H2,61,65,71,72)/t32-,34?,36?,41?,55-,56?/m1/s1. The Hall–Kier alpha value is -6.39. The van der Waals surface area contributed by atoms with Crippen molar-refractivity contribution in [2.24, 2.45) is 17.8 Å². The Kier molecular flexibility index (Phi) is 14.3. The molecule has 2 aromatic heterocycles. The molecule has 1 aliphatic carbocycles. The molecule has 0 radical (unpaired) electrons. The van der Waals surface area contributed by atoms with E-state index < -0.39 is 40.9 Å². The number of pyridine rings is 1. The van der Waals surface area contributed by atoms with E-state index in [1.54, 1.807) is 13.8 Å². The first-order chi connectivity index (χ1) is 35.5. The number of hydrogen-bond acceptors (Lipinski definition) is 13. The number of piperazine rings is 1. The summed E-state index contributed by atoms with van der Waals surface area (Å²) in [4.78, 5) is 58.9. The van der Waals surface area contributed by atoms with Crippen LogP contribution in [-0.2, 0) is 4.79 Å². The van der Waals surface area contributed by atoms with Crippen LogP contribution in [0.25, 0.3) is 32.9 Å².